The van der Waals surface area contributed by atoms with Crippen molar-refractivity contribution in [2.24, 2.45) is 0 Å². The van der Waals surface area contributed by atoms with E-state index < -0.39 is 17.3 Å². The fourth-order valence-electron chi connectivity index (χ4n) is 1.64. The van der Waals surface area contributed by atoms with Crippen LogP contribution in [0, 0.1) is 10.1 Å². The molecule has 1 aromatic rings. The second kappa shape index (κ2) is 4.98. The Bertz CT molecular complexity index is 483. The van der Waals surface area contributed by atoms with Crippen molar-refractivity contribution in [3.05, 3.63) is 33.9 Å². The number of nitro groups is 1. The third kappa shape index (κ3) is 2.55. The van der Waals surface area contributed by atoms with Crippen LogP contribution in [0.4, 0.5) is 16.2 Å². The first kappa shape index (κ1) is 12.3. The molecule has 0 spiro atoms. The highest BCUT2D eigenvalue weighted by Gasteiger charge is 2.27. The number of anilines is 1. The van der Waals surface area contributed by atoms with Gasteiger partial charge >= 0.3 is 6.09 Å². The van der Waals surface area contributed by atoms with Gasteiger partial charge < -0.3 is 14.6 Å². The number of amides is 1. The van der Waals surface area contributed by atoms with E-state index in [2.05, 4.69) is 0 Å². The van der Waals surface area contributed by atoms with E-state index in [1.807, 2.05) is 5.32 Å². The summed E-state index contributed by atoms with van der Waals surface area (Å²) in [6.07, 6.45) is -2.06. The van der Waals surface area contributed by atoms with E-state index in [1.54, 1.807) is 0 Å². The van der Waals surface area contributed by atoms with Gasteiger partial charge in [0.1, 0.15) is 0 Å². The van der Waals surface area contributed by atoms with Crippen molar-refractivity contribution in [2.45, 2.75) is 6.29 Å². The molecule has 8 nitrogen and oxygen atoms in total. The van der Waals surface area contributed by atoms with Gasteiger partial charge in [0, 0.05) is 6.07 Å². The number of rotatable bonds is 3. The molecule has 1 amide bonds. The normalized spacial score (nSPS) is 15.6. The highest BCUT2D eigenvalue weighted by molar-refractivity contribution is 5.83. The molecule has 96 valence electrons. The molecule has 0 bridgehead atoms. The zero-order valence-corrected chi connectivity index (χ0v) is 9.16. The van der Waals surface area contributed by atoms with Gasteiger partial charge in [-0.3, -0.25) is 15.4 Å². The smallest absolute Gasteiger partial charge is 0.409 e. The Morgan fingerprint density at radius 3 is 2.67 bits per heavy atom. The van der Waals surface area contributed by atoms with Crippen molar-refractivity contribution in [3.63, 3.8) is 0 Å². The molecular weight excluding hydrogens is 244 g/mol. The van der Waals surface area contributed by atoms with Crippen molar-refractivity contribution < 1.29 is 24.3 Å². The maximum absolute atomic E-state index is 10.9. The molecule has 0 atom stereocenters. The van der Waals surface area contributed by atoms with Crippen LogP contribution < -0.4 is 5.32 Å². The van der Waals surface area contributed by atoms with Crippen LogP contribution in [0.3, 0.4) is 0 Å². The largest absolute Gasteiger partial charge is 0.465 e. The Kier molecular flexibility index (Phi) is 3.40. The minimum absolute atomic E-state index is 0.121. The number of carbonyl (C=O) groups is 1. The molecule has 2 rings (SSSR count). The molecule has 2 N–H and O–H groups in total. The molecule has 0 radical (unpaired) electrons. The quantitative estimate of drug-likeness (QED) is 0.627. The highest BCUT2D eigenvalue weighted by Crippen LogP contribution is 2.33. The molecule has 1 saturated heterocycles. The number of hydrogen-bond acceptors (Lipinski definition) is 5. The van der Waals surface area contributed by atoms with Crippen LogP contribution in [0.15, 0.2) is 18.2 Å². The van der Waals surface area contributed by atoms with Crippen LogP contribution in [-0.4, -0.2) is 29.3 Å². The lowest BCUT2D eigenvalue weighted by atomic mass is 10.1. The molecular formula is C10H10N2O6. The van der Waals surface area contributed by atoms with E-state index in [1.165, 1.54) is 12.1 Å². The molecule has 0 unspecified atom stereocenters. The van der Waals surface area contributed by atoms with Gasteiger partial charge in [-0.15, -0.1) is 0 Å². The molecule has 1 fully saturated rings. The summed E-state index contributed by atoms with van der Waals surface area (Å²) in [5.74, 6) is 0. The van der Waals surface area contributed by atoms with E-state index in [4.69, 9.17) is 14.6 Å². The van der Waals surface area contributed by atoms with Gasteiger partial charge in [0.25, 0.3) is 5.69 Å². The summed E-state index contributed by atoms with van der Waals surface area (Å²) < 4.78 is 10.4. The Hall–Kier alpha value is -2.19. The molecule has 1 aliphatic heterocycles. The molecule has 0 aliphatic carbocycles. The Morgan fingerprint density at radius 2 is 2.11 bits per heavy atom. The number of benzene rings is 1. The summed E-state index contributed by atoms with van der Waals surface area (Å²) in [6.45, 7) is 0.744. The standard InChI is InChI=1S/C10H10N2O6/c13-10(14)11-6-1-2-7(8(5-6)12(15)16)9-17-3-4-18-9/h1-2,5,9,11H,3-4H2,(H,13,14). The van der Waals surface area contributed by atoms with Crippen LogP contribution in [0.25, 0.3) is 0 Å². The van der Waals surface area contributed by atoms with Gasteiger partial charge in [-0.05, 0) is 12.1 Å². The molecule has 1 aromatic carbocycles. The fraction of sp³-hybridized carbons (Fsp3) is 0.300. The number of carboxylic acid groups (broad SMARTS) is 1. The second-order valence-corrected chi connectivity index (χ2v) is 3.53. The predicted octanol–water partition coefficient (Wildman–Crippen LogP) is 1.73. The van der Waals surface area contributed by atoms with E-state index >= 15 is 0 Å². The minimum Gasteiger partial charge on any atom is -0.465 e. The summed E-state index contributed by atoms with van der Waals surface area (Å²) in [6, 6.07) is 3.97. The summed E-state index contributed by atoms with van der Waals surface area (Å²) >= 11 is 0. The first-order valence-corrected chi connectivity index (χ1v) is 5.09. The zero-order valence-electron chi connectivity index (χ0n) is 9.16. The van der Waals surface area contributed by atoms with E-state index in [0.717, 1.165) is 6.07 Å². The van der Waals surface area contributed by atoms with Crippen molar-refractivity contribution in [1.82, 2.24) is 0 Å². The Morgan fingerprint density at radius 1 is 1.44 bits per heavy atom. The lowest BCUT2D eigenvalue weighted by Gasteiger charge is -2.10. The number of ether oxygens (including phenoxy) is 2. The lowest BCUT2D eigenvalue weighted by molar-refractivity contribution is -0.386. The second-order valence-electron chi connectivity index (χ2n) is 3.53. The van der Waals surface area contributed by atoms with Crippen LogP contribution in [0.1, 0.15) is 11.9 Å². The molecule has 1 heterocycles. The SMILES string of the molecule is O=C(O)Nc1ccc(C2OCCO2)c([N+](=O)[O-])c1. The predicted molar refractivity (Wildman–Crippen MR) is 59.4 cm³/mol. The number of nitrogens with one attached hydrogen (secondary N) is 1. The number of nitrogens with zero attached hydrogens (tertiary/aromatic N) is 1. The molecule has 0 aromatic heterocycles. The van der Waals surface area contributed by atoms with E-state index in [-0.39, 0.29) is 16.9 Å². The minimum atomic E-state index is -1.29. The van der Waals surface area contributed by atoms with Crippen molar-refractivity contribution in [3.8, 4) is 0 Å². The number of nitro benzene ring substituents is 1. The molecule has 1 aliphatic rings. The van der Waals surface area contributed by atoms with Crippen LogP contribution in [0.5, 0.6) is 0 Å². The summed E-state index contributed by atoms with van der Waals surface area (Å²) in [4.78, 5) is 20.8. The van der Waals surface area contributed by atoms with Gasteiger partial charge in [0.05, 0.1) is 29.4 Å². The molecule has 18 heavy (non-hydrogen) atoms. The monoisotopic (exact) mass is 254 g/mol. The third-order valence-electron chi connectivity index (χ3n) is 2.35. The van der Waals surface area contributed by atoms with Gasteiger partial charge in [0.15, 0.2) is 6.29 Å². The first-order valence-electron chi connectivity index (χ1n) is 5.09. The summed E-state index contributed by atoms with van der Waals surface area (Å²) in [7, 11) is 0. The zero-order chi connectivity index (χ0) is 13.1. The van der Waals surface area contributed by atoms with Crippen LogP contribution in [0.2, 0.25) is 0 Å². The summed E-state index contributed by atoms with van der Waals surface area (Å²) in [5, 5.41) is 21.5. The van der Waals surface area contributed by atoms with Crippen LogP contribution >= 0.6 is 0 Å². The Balaban J connectivity index is 2.34. The average molecular weight is 254 g/mol. The molecule has 0 saturated carbocycles. The maximum atomic E-state index is 10.9. The van der Waals surface area contributed by atoms with Gasteiger partial charge in [-0.25, -0.2) is 4.79 Å². The average Bonchev–Trinajstić information content (AvgIpc) is 2.81. The van der Waals surface area contributed by atoms with Crippen LogP contribution in [-0.2, 0) is 9.47 Å². The third-order valence-corrected chi connectivity index (χ3v) is 2.35. The maximum Gasteiger partial charge on any atom is 0.409 e. The fourth-order valence-corrected chi connectivity index (χ4v) is 1.64. The first-order chi connectivity index (χ1) is 8.58. The molecule has 8 heteroatoms. The van der Waals surface area contributed by atoms with Crippen molar-refractivity contribution in [2.75, 3.05) is 18.5 Å². The van der Waals surface area contributed by atoms with E-state index in [0.29, 0.717) is 13.2 Å². The van der Waals surface area contributed by atoms with Gasteiger partial charge in [-0.1, -0.05) is 0 Å². The van der Waals surface area contributed by atoms with Crippen molar-refractivity contribution >= 4 is 17.5 Å². The highest BCUT2D eigenvalue weighted by atomic mass is 16.7. The van der Waals surface area contributed by atoms with Gasteiger partial charge in [0.2, 0.25) is 0 Å². The lowest BCUT2D eigenvalue weighted by Crippen LogP contribution is -2.09. The number of hydrogen-bond donors (Lipinski definition) is 2. The summed E-state index contributed by atoms with van der Waals surface area (Å²) in [5.41, 5.74) is 0.150. The topological polar surface area (TPSA) is 111 Å². The van der Waals surface area contributed by atoms with Gasteiger partial charge in [-0.2, -0.15) is 0 Å². The van der Waals surface area contributed by atoms with E-state index in [9.17, 15) is 14.9 Å². The van der Waals surface area contributed by atoms with Crippen molar-refractivity contribution in [1.29, 1.82) is 0 Å². The Labute approximate surface area is 101 Å².